The van der Waals surface area contributed by atoms with Gasteiger partial charge in [0.2, 0.25) is 0 Å². The van der Waals surface area contributed by atoms with Gasteiger partial charge >= 0.3 is 0 Å². The van der Waals surface area contributed by atoms with Crippen LogP contribution in [0.25, 0.3) is 0 Å². The minimum atomic E-state index is -0.706. The van der Waals surface area contributed by atoms with Crippen LogP contribution in [0.2, 0.25) is 5.02 Å². The molecule has 0 radical (unpaired) electrons. The third-order valence-corrected chi connectivity index (χ3v) is 4.18. The third kappa shape index (κ3) is 2.86. The Morgan fingerprint density at radius 3 is 2.30 bits per heavy atom. The molecule has 0 saturated heterocycles. The maximum absolute atomic E-state index is 14.0. The summed E-state index contributed by atoms with van der Waals surface area (Å²) < 4.78 is 14.4. The zero-order valence-electron chi connectivity index (χ0n) is 11.0. The molecule has 0 aliphatic rings. The molecule has 2 nitrogen and oxygen atoms in total. The highest BCUT2D eigenvalue weighted by Gasteiger charge is 2.18. The van der Waals surface area contributed by atoms with Crippen LogP contribution in [0.15, 0.2) is 40.9 Å². The SMILES string of the molecule is CN(C)c1ccc(C(=O)c2ccc(Br)c(Cl)c2F)cc1. The van der Waals surface area contributed by atoms with Gasteiger partial charge in [0.1, 0.15) is 0 Å². The van der Waals surface area contributed by atoms with Gasteiger partial charge < -0.3 is 4.90 Å². The van der Waals surface area contributed by atoms with Crippen molar-refractivity contribution in [2.45, 2.75) is 0 Å². The molecule has 0 aliphatic carbocycles. The Labute approximate surface area is 130 Å². The van der Waals surface area contributed by atoms with Crippen LogP contribution < -0.4 is 4.90 Å². The molecule has 0 fully saturated rings. The lowest BCUT2D eigenvalue weighted by Crippen LogP contribution is -2.09. The first kappa shape index (κ1) is 15.0. The van der Waals surface area contributed by atoms with E-state index in [9.17, 15) is 9.18 Å². The normalized spacial score (nSPS) is 10.4. The summed E-state index contributed by atoms with van der Waals surface area (Å²) in [5.41, 5.74) is 1.36. The van der Waals surface area contributed by atoms with Gasteiger partial charge in [-0.1, -0.05) is 11.6 Å². The molecule has 0 heterocycles. The summed E-state index contributed by atoms with van der Waals surface area (Å²) in [7, 11) is 3.82. The number of carbonyl (C=O) groups is 1. The van der Waals surface area contributed by atoms with E-state index >= 15 is 0 Å². The first-order chi connectivity index (χ1) is 9.41. The first-order valence-corrected chi connectivity index (χ1v) is 7.04. The zero-order valence-corrected chi connectivity index (χ0v) is 13.3. The Bertz CT molecular complexity index is 656. The fourth-order valence-corrected chi connectivity index (χ4v) is 2.24. The van der Waals surface area contributed by atoms with Crippen molar-refractivity contribution in [2.24, 2.45) is 0 Å². The van der Waals surface area contributed by atoms with Crippen LogP contribution in [0.1, 0.15) is 15.9 Å². The summed E-state index contributed by atoms with van der Waals surface area (Å²) in [5.74, 6) is -1.09. The summed E-state index contributed by atoms with van der Waals surface area (Å²) in [4.78, 5) is 14.2. The average molecular weight is 357 g/mol. The highest BCUT2D eigenvalue weighted by Crippen LogP contribution is 2.29. The molecule has 0 N–H and O–H groups in total. The molecule has 0 bridgehead atoms. The molecule has 20 heavy (non-hydrogen) atoms. The predicted octanol–water partition coefficient (Wildman–Crippen LogP) is 4.54. The second kappa shape index (κ2) is 5.94. The first-order valence-electron chi connectivity index (χ1n) is 5.87. The van der Waals surface area contributed by atoms with E-state index in [0.29, 0.717) is 10.0 Å². The lowest BCUT2D eigenvalue weighted by atomic mass is 10.0. The minimum absolute atomic E-state index is 0.0317. The van der Waals surface area contributed by atoms with E-state index < -0.39 is 5.82 Å². The van der Waals surface area contributed by atoms with Gasteiger partial charge in [-0.25, -0.2) is 4.39 Å². The van der Waals surface area contributed by atoms with Gasteiger partial charge in [0.15, 0.2) is 11.6 Å². The quantitative estimate of drug-likeness (QED) is 0.594. The molecule has 0 aliphatic heterocycles. The standard InChI is InChI=1S/C15H12BrClFNO/c1-19(2)10-5-3-9(4-6-10)15(20)11-7-8-12(16)13(17)14(11)18/h3-8H,1-2H3. The van der Waals surface area contributed by atoms with Crippen molar-refractivity contribution in [1.82, 2.24) is 0 Å². The molecule has 5 heteroatoms. The molecule has 2 rings (SSSR count). The van der Waals surface area contributed by atoms with E-state index in [2.05, 4.69) is 15.9 Å². The summed E-state index contributed by atoms with van der Waals surface area (Å²) in [6.45, 7) is 0. The topological polar surface area (TPSA) is 20.3 Å². The van der Waals surface area contributed by atoms with Crippen molar-refractivity contribution in [2.75, 3.05) is 19.0 Å². The number of halogens is 3. The highest BCUT2D eigenvalue weighted by atomic mass is 79.9. The number of rotatable bonds is 3. The Morgan fingerprint density at radius 2 is 1.75 bits per heavy atom. The molecular formula is C15H12BrClFNO. The number of ketones is 1. The Kier molecular flexibility index (Phi) is 4.45. The lowest BCUT2D eigenvalue weighted by Gasteiger charge is -2.12. The van der Waals surface area contributed by atoms with Gasteiger partial charge in [-0.05, 0) is 52.3 Å². The second-order valence-corrected chi connectivity index (χ2v) is 5.73. The van der Waals surface area contributed by atoms with Gasteiger partial charge in [0.25, 0.3) is 0 Å². The largest absolute Gasteiger partial charge is 0.378 e. The van der Waals surface area contributed by atoms with E-state index in [1.54, 1.807) is 18.2 Å². The molecule has 0 aromatic heterocycles. The fourth-order valence-electron chi connectivity index (χ4n) is 1.77. The molecule has 0 saturated carbocycles. The molecule has 0 atom stereocenters. The Morgan fingerprint density at radius 1 is 1.15 bits per heavy atom. The lowest BCUT2D eigenvalue weighted by molar-refractivity contribution is 0.103. The number of nitrogens with zero attached hydrogens (tertiary/aromatic N) is 1. The van der Waals surface area contributed by atoms with Crippen LogP contribution in [-0.4, -0.2) is 19.9 Å². The van der Waals surface area contributed by atoms with Crippen molar-refractivity contribution in [1.29, 1.82) is 0 Å². The highest BCUT2D eigenvalue weighted by molar-refractivity contribution is 9.10. The number of hydrogen-bond acceptors (Lipinski definition) is 2. The molecule has 104 valence electrons. The monoisotopic (exact) mass is 355 g/mol. The van der Waals surface area contributed by atoms with E-state index in [-0.39, 0.29) is 16.4 Å². The van der Waals surface area contributed by atoms with E-state index in [0.717, 1.165) is 5.69 Å². The second-order valence-electron chi connectivity index (χ2n) is 4.49. The number of hydrogen-bond donors (Lipinski definition) is 0. The van der Waals surface area contributed by atoms with Crippen molar-refractivity contribution in [3.8, 4) is 0 Å². The van der Waals surface area contributed by atoms with E-state index in [1.165, 1.54) is 6.07 Å². The van der Waals surface area contributed by atoms with Crippen LogP contribution in [-0.2, 0) is 0 Å². The van der Waals surface area contributed by atoms with Crippen molar-refractivity contribution < 1.29 is 9.18 Å². The summed E-state index contributed by atoms with van der Waals surface area (Å²) in [6.07, 6.45) is 0. The van der Waals surface area contributed by atoms with Gasteiger partial charge in [-0.2, -0.15) is 0 Å². The van der Waals surface area contributed by atoms with E-state index in [1.807, 2.05) is 31.1 Å². The van der Waals surface area contributed by atoms with Gasteiger partial charge in [0, 0.05) is 29.8 Å². The smallest absolute Gasteiger partial charge is 0.196 e. The fraction of sp³-hybridized carbons (Fsp3) is 0.133. The molecule has 0 spiro atoms. The Hall–Kier alpha value is -1.39. The number of benzene rings is 2. The molecule has 0 amide bonds. The van der Waals surface area contributed by atoms with Crippen LogP contribution in [0.5, 0.6) is 0 Å². The molecule has 2 aromatic rings. The maximum Gasteiger partial charge on any atom is 0.196 e. The maximum atomic E-state index is 14.0. The third-order valence-electron chi connectivity index (χ3n) is 2.93. The van der Waals surface area contributed by atoms with E-state index in [4.69, 9.17) is 11.6 Å². The molecule has 2 aromatic carbocycles. The van der Waals surface area contributed by atoms with Crippen LogP contribution in [0.3, 0.4) is 0 Å². The zero-order chi connectivity index (χ0) is 14.9. The van der Waals surface area contributed by atoms with Crippen LogP contribution >= 0.6 is 27.5 Å². The predicted molar refractivity (Wildman–Crippen MR) is 83.3 cm³/mol. The minimum Gasteiger partial charge on any atom is -0.378 e. The number of anilines is 1. The summed E-state index contributed by atoms with van der Waals surface area (Å²) in [6, 6.07) is 9.96. The van der Waals surface area contributed by atoms with Crippen LogP contribution in [0, 0.1) is 5.82 Å². The number of carbonyl (C=O) groups excluding carboxylic acids is 1. The van der Waals surface area contributed by atoms with Gasteiger partial charge in [0.05, 0.1) is 10.6 Å². The molecular weight excluding hydrogens is 345 g/mol. The van der Waals surface area contributed by atoms with Gasteiger partial charge in [-0.15, -0.1) is 0 Å². The van der Waals surface area contributed by atoms with Crippen molar-refractivity contribution in [3.05, 3.63) is 62.8 Å². The van der Waals surface area contributed by atoms with Crippen molar-refractivity contribution >= 4 is 39.0 Å². The van der Waals surface area contributed by atoms with Gasteiger partial charge in [-0.3, -0.25) is 4.79 Å². The molecule has 0 unspecified atom stereocenters. The average Bonchev–Trinajstić information content (AvgIpc) is 2.44. The van der Waals surface area contributed by atoms with Crippen LogP contribution in [0.4, 0.5) is 10.1 Å². The summed E-state index contributed by atoms with van der Waals surface area (Å²) >= 11 is 8.92. The van der Waals surface area contributed by atoms with Crippen molar-refractivity contribution in [3.63, 3.8) is 0 Å². The Balaban J connectivity index is 2.39. The summed E-state index contributed by atoms with van der Waals surface area (Å²) in [5, 5.41) is -0.0826.